The Kier molecular flexibility index (Phi) is 4.31. The molecule has 1 amide bonds. The molecule has 1 saturated heterocycles. The van der Waals surface area contributed by atoms with Crippen molar-refractivity contribution in [1.82, 2.24) is 9.88 Å². The summed E-state index contributed by atoms with van der Waals surface area (Å²) in [5.74, 6) is 0. The van der Waals surface area contributed by atoms with Gasteiger partial charge in [-0.25, -0.2) is 4.79 Å². The number of carbonyl (C=O) groups is 1. The van der Waals surface area contributed by atoms with Crippen LogP contribution in [-0.4, -0.2) is 54.4 Å². The molecule has 140 valence electrons. The minimum Gasteiger partial charge on any atom is -0.444 e. The van der Waals surface area contributed by atoms with Crippen molar-refractivity contribution in [2.45, 2.75) is 39.3 Å². The zero-order chi connectivity index (χ0) is 18.3. The third kappa shape index (κ3) is 3.38. The average molecular weight is 357 g/mol. The summed E-state index contributed by atoms with van der Waals surface area (Å²) in [5.41, 5.74) is 4.34. The Morgan fingerprint density at radius 2 is 1.96 bits per heavy atom. The Balaban J connectivity index is 1.61. The maximum absolute atomic E-state index is 12.5. The van der Waals surface area contributed by atoms with Crippen molar-refractivity contribution < 1.29 is 14.3 Å². The van der Waals surface area contributed by atoms with Crippen molar-refractivity contribution in [1.29, 1.82) is 0 Å². The van der Waals surface area contributed by atoms with Crippen LogP contribution in [0, 0.1) is 0 Å². The second kappa shape index (κ2) is 6.50. The lowest BCUT2D eigenvalue weighted by Gasteiger charge is -2.30. The molecule has 2 aliphatic heterocycles. The van der Waals surface area contributed by atoms with Crippen molar-refractivity contribution >= 4 is 22.7 Å². The van der Waals surface area contributed by atoms with Gasteiger partial charge in [0, 0.05) is 53.9 Å². The molecule has 0 saturated carbocycles. The molecule has 0 spiro atoms. The number of rotatable bonds is 1. The van der Waals surface area contributed by atoms with Gasteiger partial charge in [-0.15, -0.1) is 0 Å². The van der Waals surface area contributed by atoms with Crippen molar-refractivity contribution in [3.8, 4) is 0 Å². The highest BCUT2D eigenvalue weighted by Gasteiger charge is 2.28. The van der Waals surface area contributed by atoms with E-state index in [0.717, 1.165) is 38.2 Å². The lowest BCUT2D eigenvalue weighted by atomic mass is 10.0. The number of nitrogens with one attached hydrogen (secondary N) is 1. The van der Waals surface area contributed by atoms with Gasteiger partial charge in [0.15, 0.2) is 0 Å². The normalized spacial score (nSPS) is 18.1. The predicted octanol–water partition coefficient (Wildman–Crippen LogP) is 3.30. The van der Waals surface area contributed by atoms with Crippen LogP contribution in [0.15, 0.2) is 18.2 Å². The standard InChI is InChI=1S/C20H27N3O3/c1-20(2,3)26-19(24)23-7-6-18-16(13-23)15-12-14(4-5-17(15)21-18)22-8-10-25-11-9-22/h4-5,12,21H,6-11,13H2,1-3H3. The number of benzene rings is 1. The van der Waals surface area contributed by atoms with Gasteiger partial charge in [0.1, 0.15) is 5.60 Å². The number of fused-ring (bicyclic) bond motifs is 3. The zero-order valence-corrected chi connectivity index (χ0v) is 15.8. The molecule has 0 bridgehead atoms. The summed E-state index contributed by atoms with van der Waals surface area (Å²) in [6, 6.07) is 6.56. The number of morpholine rings is 1. The fourth-order valence-corrected chi connectivity index (χ4v) is 3.70. The summed E-state index contributed by atoms with van der Waals surface area (Å²) in [4.78, 5) is 20.2. The van der Waals surface area contributed by atoms with E-state index in [1.54, 1.807) is 0 Å². The van der Waals surface area contributed by atoms with Crippen LogP contribution in [0.4, 0.5) is 10.5 Å². The number of hydrogen-bond acceptors (Lipinski definition) is 4. The minimum absolute atomic E-state index is 0.234. The number of anilines is 1. The van der Waals surface area contributed by atoms with Crippen LogP contribution in [0.2, 0.25) is 0 Å². The first-order valence-corrected chi connectivity index (χ1v) is 9.35. The molecule has 26 heavy (non-hydrogen) atoms. The summed E-state index contributed by atoms with van der Waals surface area (Å²) in [5, 5.41) is 1.21. The Labute approximate surface area is 154 Å². The minimum atomic E-state index is -0.471. The Hall–Kier alpha value is -2.21. The predicted molar refractivity (Wildman–Crippen MR) is 102 cm³/mol. The van der Waals surface area contributed by atoms with Crippen LogP contribution in [0.25, 0.3) is 10.9 Å². The largest absolute Gasteiger partial charge is 0.444 e. The maximum atomic E-state index is 12.5. The van der Waals surface area contributed by atoms with E-state index in [4.69, 9.17) is 9.47 Å². The molecule has 1 aromatic carbocycles. The molecule has 3 heterocycles. The van der Waals surface area contributed by atoms with Crippen LogP contribution in [0.5, 0.6) is 0 Å². The number of H-pyrrole nitrogens is 1. The second-order valence-corrected chi connectivity index (χ2v) is 8.06. The molecule has 0 unspecified atom stereocenters. The van der Waals surface area contributed by atoms with Crippen LogP contribution in [0.3, 0.4) is 0 Å². The summed E-state index contributed by atoms with van der Waals surface area (Å²) < 4.78 is 11.0. The van der Waals surface area contributed by atoms with E-state index in [9.17, 15) is 4.79 Å². The molecule has 1 N–H and O–H groups in total. The fraction of sp³-hybridized carbons (Fsp3) is 0.550. The number of nitrogens with zero attached hydrogens (tertiary/aromatic N) is 2. The summed E-state index contributed by atoms with van der Waals surface area (Å²) in [7, 11) is 0. The van der Waals surface area contributed by atoms with E-state index in [-0.39, 0.29) is 6.09 Å². The average Bonchev–Trinajstić information content (AvgIpc) is 2.98. The lowest BCUT2D eigenvalue weighted by Crippen LogP contribution is -2.39. The number of aromatic amines is 1. The molecular weight excluding hydrogens is 330 g/mol. The van der Waals surface area contributed by atoms with E-state index in [1.165, 1.54) is 22.3 Å². The fourth-order valence-electron chi connectivity index (χ4n) is 3.70. The van der Waals surface area contributed by atoms with Crippen LogP contribution >= 0.6 is 0 Å². The molecule has 1 fully saturated rings. The van der Waals surface area contributed by atoms with Crippen LogP contribution in [-0.2, 0) is 22.4 Å². The summed E-state index contributed by atoms with van der Waals surface area (Å²) >= 11 is 0. The SMILES string of the molecule is CC(C)(C)OC(=O)N1CCc2[nH]c3ccc(N4CCOCC4)cc3c2C1. The monoisotopic (exact) mass is 357 g/mol. The summed E-state index contributed by atoms with van der Waals surface area (Å²) in [6.45, 7) is 10.4. The van der Waals surface area contributed by atoms with Gasteiger partial charge in [0.2, 0.25) is 0 Å². The topological polar surface area (TPSA) is 57.8 Å². The molecule has 4 rings (SSSR count). The van der Waals surface area contributed by atoms with Crippen molar-refractivity contribution in [2.75, 3.05) is 37.7 Å². The van der Waals surface area contributed by atoms with Gasteiger partial charge in [0.25, 0.3) is 0 Å². The second-order valence-electron chi connectivity index (χ2n) is 8.06. The molecular formula is C20H27N3O3. The smallest absolute Gasteiger partial charge is 0.410 e. The third-order valence-electron chi connectivity index (χ3n) is 4.99. The van der Waals surface area contributed by atoms with Gasteiger partial charge in [0.05, 0.1) is 19.8 Å². The first-order chi connectivity index (χ1) is 12.4. The van der Waals surface area contributed by atoms with Crippen molar-refractivity contribution in [3.05, 3.63) is 29.5 Å². The molecule has 0 radical (unpaired) electrons. The van der Waals surface area contributed by atoms with E-state index >= 15 is 0 Å². The van der Waals surface area contributed by atoms with Gasteiger partial charge in [-0.3, -0.25) is 0 Å². The highest BCUT2D eigenvalue weighted by Crippen LogP contribution is 2.31. The Bertz CT molecular complexity index is 816. The quantitative estimate of drug-likeness (QED) is 0.851. The number of hydrogen-bond donors (Lipinski definition) is 1. The van der Waals surface area contributed by atoms with Crippen LogP contribution < -0.4 is 4.90 Å². The van der Waals surface area contributed by atoms with Crippen molar-refractivity contribution in [2.24, 2.45) is 0 Å². The maximum Gasteiger partial charge on any atom is 0.410 e. The van der Waals surface area contributed by atoms with Gasteiger partial charge in [-0.05, 0) is 39.0 Å². The van der Waals surface area contributed by atoms with E-state index < -0.39 is 5.60 Å². The molecule has 6 heteroatoms. The van der Waals surface area contributed by atoms with E-state index in [0.29, 0.717) is 13.1 Å². The first-order valence-electron chi connectivity index (χ1n) is 9.35. The summed E-state index contributed by atoms with van der Waals surface area (Å²) in [6.07, 6.45) is 0.595. The van der Waals surface area contributed by atoms with Gasteiger partial charge in [-0.2, -0.15) is 0 Å². The Morgan fingerprint density at radius 1 is 1.19 bits per heavy atom. The lowest BCUT2D eigenvalue weighted by molar-refractivity contribution is 0.0224. The van der Waals surface area contributed by atoms with Gasteiger partial charge < -0.3 is 24.3 Å². The van der Waals surface area contributed by atoms with Gasteiger partial charge >= 0.3 is 6.09 Å². The van der Waals surface area contributed by atoms with E-state index in [1.807, 2.05) is 25.7 Å². The molecule has 0 aliphatic carbocycles. The highest BCUT2D eigenvalue weighted by atomic mass is 16.6. The number of carbonyl (C=O) groups excluding carboxylic acids is 1. The van der Waals surface area contributed by atoms with E-state index in [2.05, 4.69) is 28.1 Å². The molecule has 6 nitrogen and oxygen atoms in total. The number of aromatic nitrogens is 1. The molecule has 0 atom stereocenters. The zero-order valence-electron chi connectivity index (χ0n) is 15.8. The van der Waals surface area contributed by atoms with Crippen molar-refractivity contribution in [3.63, 3.8) is 0 Å². The van der Waals surface area contributed by atoms with Gasteiger partial charge in [-0.1, -0.05) is 0 Å². The first kappa shape index (κ1) is 17.2. The molecule has 1 aromatic heterocycles. The number of ether oxygens (including phenoxy) is 2. The molecule has 2 aliphatic rings. The number of amides is 1. The third-order valence-corrected chi connectivity index (χ3v) is 4.99. The Morgan fingerprint density at radius 3 is 2.69 bits per heavy atom. The highest BCUT2D eigenvalue weighted by molar-refractivity contribution is 5.88. The van der Waals surface area contributed by atoms with Crippen LogP contribution in [0.1, 0.15) is 32.0 Å². The molecule has 2 aromatic rings.